The predicted molar refractivity (Wildman–Crippen MR) is 60.1 cm³/mol. The summed E-state index contributed by atoms with van der Waals surface area (Å²) in [6, 6.07) is 4.13. The zero-order valence-corrected chi connectivity index (χ0v) is 8.77. The first kappa shape index (κ1) is 9.21. The fourth-order valence-corrected chi connectivity index (χ4v) is 1.90. The van der Waals surface area contributed by atoms with Gasteiger partial charge in [-0.15, -0.1) is 11.3 Å². The maximum Gasteiger partial charge on any atom is 0.212 e. The molecule has 1 aliphatic rings. The van der Waals surface area contributed by atoms with Crippen molar-refractivity contribution in [2.24, 2.45) is 10.1 Å². The molecule has 0 saturated heterocycles. The molecule has 2 N–H and O–H groups in total. The highest BCUT2D eigenvalue weighted by molar-refractivity contribution is 7.13. The summed E-state index contributed by atoms with van der Waals surface area (Å²) in [5.74, 6) is 0.759. The van der Waals surface area contributed by atoms with Crippen molar-refractivity contribution in [2.45, 2.75) is 6.92 Å². The number of guanidine groups is 1. The van der Waals surface area contributed by atoms with Crippen LogP contribution < -0.4 is 10.7 Å². The molecule has 0 bridgehead atoms. The molecule has 2 heterocycles. The number of thiophene rings is 1. The highest BCUT2D eigenvalue weighted by Crippen LogP contribution is 2.12. The Labute approximate surface area is 86.8 Å². The normalized spacial score (nSPS) is 15.6. The molecule has 1 aromatic heterocycles. The molecule has 0 saturated carbocycles. The molecule has 0 aromatic carbocycles. The molecule has 0 atom stereocenters. The highest BCUT2D eigenvalue weighted by atomic mass is 32.1. The van der Waals surface area contributed by atoms with Gasteiger partial charge in [-0.2, -0.15) is 5.10 Å². The molecule has 74 valence electrons. The van der Waals surface area contributed by atoms with Crippen LogP contribution in [0.25, 0.3) is 0 Å². The van der Waals surface area contributed by atoms with Crippen molar-refractivity contribution in [1.29, 1.82) is 0 Å². The minimum Gasteiger partial charge on any atom is -0.353 e. The van der Waals surface area contributed by atoms with Gasteiger partial charge in [0.15, 0.2) is 0 Å². The summed E-state index contributed by atoms with van der Waals surface area (Å²) < 4.78 is 0. The molecule has 0 aliphatic carbocycles. The monoisotopic (exact) mass is 208 g/mol. The zero-order chi connectivity index (χ0) is 9.80. The third kappa shape index (κ3) is 2.32. The van der Waals surface area contributed by atoms with Gasteiger partial charge >= 0.3 is 0 Å². The van der Waals surface area contributed by atoms with Gasteiger partial charge < -0.3 is 5.32 Å². The second-order valence-electron chi connectivity index (χ2n) is 2.98. The van der Waals surface area contributed by atoms with Gasteiger partial charge in [0.25, 0.3) is 0 Å². The van der Waals surface area contributed by atoms with Crippen molar-refractivity contribution in [2.75, 3.05) is 13.1 Å². The second-order valence-corrected chi connectivity index (χ2v) is 4.30. The summed E-state index contributed by atoms with van der Waals surface area (Å²) in [7, 11) is 0. The van der Waals surface area contributed by atoms with Crippen LogP contribution >= 0.6 is 11.3 Å². The van der Waals surface area contributed by atoms with E-state index in [4.69, 9.17) is 0 Å². The number of hydrazone groups is 1. The quantitative estimate of drug-likeness (QED) is 0.561. The number of nitrogens with one attached hydrogen (secondary N) is 2. The van der Waals surface area contributed by atoms with Crippen LogP contribution in [0.3, 0.4) is 0 Å². The smallest absolute Gasteiger partial charge is 0.212 e. The maximum absolute atomic E-state index is 4.16. The Morgan fingerprint density at radius 2 is 2.57 bits per heavy atom. The molecule has 0 radical (unpaired) electrons. The van der Waals surface area contributed by atoms with Gasteiger partial charge in [0, 0.05) is 16.3 Å². The number of rotatable bonds is 2. The number of aryl methyl sites for hydroxylation is 1. The number of aliphatic imine (C=N–C) groups is 1. The Balaban J connectivity index is 1.88. The molecular formula is C9H12N4S. The van der Waals surface area contributed by atoms with Crippen molar-refractivity contribution in [3.63, 3.8) is 0 Å². The molecule has 0 amide bonds. The molecule has 1 aliphatic heterocycles. The number of nitrogens with zero attached hydrogens (tertiary/aromatic N) is 2. The topological polar surface area (TPSA) is 48.8 Å². The Morgan fingerprint density at radius 3 is 3.21 bits per heavy atom. The lowest BCUT2D eigenvalue weighted by Gasteiger charge is -1.97. The fraction of sp³-hybridized carbons (Fsp3) is 0.333. The van der Waals surface area contributed by atoms with Crippen molar-refractivity contribution in [3.05, 3.63) is 21.9 Å². The first-order valence-corrected chi connectivity index (χ1v) is 5.30. The van der Waals surface area contributed by atoms with Crippen LogP contribution in [0.2, 0.25) is 0 Å². The predicted octanol–water partition coefficient (Wildman–Crippen LogP) is 0.939. The summed E-state index contributed by atoms with van der Waals surface area (Å²) >= 11 is 1.72. The average molecular weight is 208 g/mol. The fourth-order valence-electron chi connectivity index (χ4n) is 1.15. The Kier molecular flexibility index (Phi) is 2.78. The van der Waals surface area contributed by atoms with E-state index in [1.165, 1.54) is 4.88 Å². The van der Waals surface area contributed by atoms with Crippen LogP contribution in [-0.4, -0.2) is 25.3 Å². The molecule has 14 heavy (non-hydrogen) atoms. The summed E-state index contributed by atoms with van der Waals surface area (Å²) in [4.78, 5) is 6.60. The van der Waals surface area contributed by atoms with Crippen LogP contribution in [0, 0.1) is 6.92 Å². The minimum atomic E-state index is 0.759. The van der Waals surface area contributed by atoms with Gasteiger partial charge in [-0.25, -0.2) is 10.4 Å². The first-order chi connectivity index (χ1) is 6.84. The van der Waals surface area contributed by atoms with E-state index in [0.717, 1.165) is 23.9 Å². The van der Waals surface area contributed by atoms with Gasteiger partial charge in [-0.1, -0.05) is 0 Å². The van der Waals surface area contributed by atoms with Crippen LogP contribution in [0.1, 0.15) is 9.75 Å². The van der Waals surface area contributed by atoms with E-state index in [-0.39, 0.29) is 0 Å². The van der Waals surface area contributed by atoms with Crippen LogP contribution in [0.4, 0.5) is 0 Å². The van der Waals surface area contributed by atoms with Crippen molar-refractivity contribution < 1.29 is 0 Å². The minimum absolute atomic E-state index is 0.759. The van der Waals surface area contributed by atoms with E-state index in [1.54, 1.807) is 17.6 Å². The SMILES string of the molecule is Cc1ccc(/C=N/NC2=NCCN2)s1. The molecule has 0 fully saturated rings. The summed E-state index contributed by atoms with van der Waals surface area (Å²) in [6.07, 6.45) is 1.81. The lowest BCUT2D eigenvalue weighted by molar-refractivity contribution is 0.920. The van der Waals surface area contributed by atoms with E-state index in [9.17, 15) is 0 Å². The van der Waals surface area contributed by atoms with Gasteiger partial charge in [-0.05, 0) is 19.1 Å². The van der Waals surface area contributed by atoms with E-state index < -0.39 is 0 Å². The van der Waals surface area contributed by atoms with Gasteiger partial charge in [0.1, 0.15) is 0 Å². The number of hydrogen-bond acceptors (Lipinski definition) is 5. The Hall–Kier alpha value is -1.36. The van der Waals surface area contributed by atoms with E-state index in [1.807, 2.05) is 0 Å². The second kappa shape index (κ2) is 4.23. The molecule has 0 spiro atoms. The van der Waals surface area contributed by atoms with Crippen LogP contribution in [-0.2, 0) is 0 Å². The van der Waals surface area contributed by atoms with Gasteiger partial charge in [0.05, 0.1) is 12.8 Å². The first-order valence-electron chi connectivity index (χ1n) is 4.48. The molecular weight excluding hydrogens is 196 g/mol. The maximum atomic E-state index is 4.16. The highest BCUT2D eigenvalue weighted by Gasteiger charge is 2.01. The molecule has 2 rings (SSSR count). The van der Waals surface area contributed by atoms with Crippen molar-refractivity contribution in [1.82, 2.24) is 10.7 Å². The Morgan fingerprint density at radius 1 is 1.64 bits per heavy atom. The summed E-state index contributed by atoms with van der Waals surface area (Å²) in [5, 5.41) is 7.16. The third-order valence-corrected chi connectivity index (χ3v) is 2.73. The zero-order valence-electron chi connectivity index (χ0n) is 7.95. The van der Waals surface area contributed by atoms with Gasteiger partial charge in [0.2, 0.25) is 5.96 Å². The van der Waals surface area contributed by atoms with Crippen LogP contribution in [0.15, 0.2) is 22.2 Å². The molecule has 0 unspecified atom stereocenters. The largest absolute Gasteiger partial charge is 0.353 e. The lowest BCUT2D eigenvalue weighted by Crippen LogP contribution is -2.30. The standard InChI is InChI=1S/C9H12N4S/c1-7-2-3-8(14-7)6-12-13-9-10-4-5-11-9/h2-3,6H,4-5H2,1H3,(H2,10,11,13)/b12-6+. The van der Waals surface area contributed by atoms with E-state index >= 15 is 0 Å². The number of hydrogen-bond donors (Lipinski definition) is 2. The lowest BCUT2D eigenvalue weighted by atomic mass is 10.4. The molecule has 4 nitrogen and oxygen atoms in total. The Bertz CT molecular complexity index is 367. The average Bonchev–Trinajstić information content (AvgIpc) is 2.77. The molecule has 5 heteroatoms. The molecule has 1 aromatic rings. The van der Waals surface area contributed by atoms with Gasteiger partial charge in [-0.3, -0.25) is 0 Å². The van der Waals surface area contributed by atoms with Crippen molar-refractivity contribution in [3.8, 4) is 0 Å². The summed E-state index contributed by atoms with van der Waals surface area (Å²) in [6.45, 7) is 3.81. The summed E-state index contributed by atoms with van der Waals surface area (Å²) in [5.41, 5.74) is 2.85. The third-order valence-electron chi connectivity index (χ3n) is 1.80. The van der Waals surface area contributed by atoms with Crippen molar-refractivity contribution >= 4 is 23.5 Å². The van der Waals surface area contributed by atoms with Crippen LogP contribution in [0.5, 0.6) is 0 Å². The van der Waals surface area contributed by atoms with E-state index in [0.29, 0.717) is 0 Å². The van der Waals surface area contributed by atoms with E-state index in [2.05, 4.69) is 39.9 Å².